The summed E-state index contributed by atoms with van der Waals surface area (Å²) in [6, 6.07) is 13.6. The molecule has 0 radical (unpaired) electrons. The Morgan fingerprint density at radius 3 is 2.42 bits per heavy atom. The largest absolute Gasteiger partial charge is 0.507 e. The Labute approximate surface area is 206 Å². The van der Waals surface area contributed by atoms with Gasteiger partial charge in [0.1, 0.15) is 5.75 Å². The molecular formula is C27H26N4O5. The van der Waals surface area contributed by atoms with Crippen LogP contribution in [0.2, 0.25) is 0 Å². The van der Waals surface area contributed by atoms with Crippen molar-refractivity contribution in [2.75, 3.05) is 4.90 Å². The number of aromatic nitrogens is 3. The summed E-state index contributed by atoms with van der Waals surface area (Å²) in [7, 11) is 1.43. The Morgan fingerprint density at radius 1 is 0.972 bits per heavy atom. The summed E-state index contributed by atoms with van der Waals surface area (Å²) < 4.78 is 3.85. The first-order valence-corrected chi connectivity index (χ1v) is 12.0. The summed E-state index contributed by atoms with van der Waals surface area (Å²) in [6.45, 7) is 3.74. The normalized spacial score (nSPS) is 26.9. The highest BCUT2D eigenvalue weighted by molar-refractivity contribution is 6.24. The molecule has 1 N–H and O–H groups in total. The van der Waals surface area contributed by atoms with Crippen LogP contribution < -0.4 is 16.3 Å². The average Bonchev–Trinajstić information content (AvgIpc) is 3.21. The zero-order valence-corrected chi connectivity index (χ0v) is 20.2. The lowest BCUT2D eigenvalue weighted by molar-refractivity contribution is -0.129. The van der Waals surface area contributed by atoms with E-state index in [1.807, 2.05) is 18.2 Å². The number of phenolic OH excluding ortho intramolecular Hbond substituents is 1. The number of hydrogen-bond acceptors (Lipinski definition) is 5. The Morgan fingerprint density at radius 2 is 1.69 bits per heavy atom. The molecular weight excluding hydrogens is 460 g/mol. The topological polar surface area (TPSA) is 107 Å². The maximum Gasteiger partial charge on any atom is 0.347 e. The first-order valence-electron chi connectivity index (χ1n) is 12.0. The van der Waals surface area contributed by atoms with Gasteiger partial charge in [0, 0.05) is 18.5 Å². The Kier molecular flexibility index (Phi) is 4.61. The minimum atomic E-state index is -1.19. The summed E-state index contributed by atoms with van der Waals surface area (Å²) >= 11 is 0. The molecule has 2 fully saturated rings. The maximum atomic E-state index is 14.2. The predicted octanol–water partition coefficient (Wildman–Crippen LogP) is 2.23. The number of imide groups is 1. The highest BCUT2D eigenvalue weighted by Crippen LogP contribution is 2.62. The molecule has 2 aromatic carbocycles. The summed E-state index contributed by atoms with van der Waals surface area (Å²) in [5, 5.41) is 11.1. The number of benzene rings is 2. The lowest BCUT2D eigenvalue weighted by Crippen LogP contribution is -2.49. The highest BCUT2D eigenvalue weighted by atomic mass is 16.3. The van der Waals surface area contributed by atoms with Gasteiger partial charge in [0.25, 0.3) is 0 Å². The van der Waals surface area contributed by atoms with Gasteiger partial charge < -0.3 is 5.11 Å². The van der Waals surface area contributed by atoms with Crippen molar-refractivity contribution < 1.29 is 14.7 Å². The molecule has 0 unspecified atom stereocenters. The van der Waals surface area contributed by atoms with E-state index < -0.39 is 34.7 Å². The lowest BCUT2D eigenvalue weighted by atomic mass is 9.56. The lowest BCUT2D eigenvalue weighted by Gasteiger charge is -2.47. The van der Waals surface area contributed by atoms with E-state index in [4.69, 9.17) is 0 Å². The second kappa shape index (κ2) is 7.43. The van der Waals surface area contributed by atoms with E-state index in [0.29, 0.717) is 16.8 Å². The summed E-state index contributed by atoms with van der Waals surface area (Å²) in [4.78, 5) is 55.1. The van der Waals surface area contributed by atoms with Crippen LogP contribution in [0.25, 0.3) is 0 Å². The highest BCUT2D eigenvalue weighted by Gasteiger charge is 2.65. The number of rotatable bonds is 2. The second-order valence-electron chi connectivity index (χ2n) is 10.1. The van der Waals surface area contributed by atoms with Gasteiger partial charge >= 0.3 is 11.4 Å². The molecule has 184 valence electrons. The van der Waals surface area contributed by atoms with Crippen molar-refractivity contribution >= 4 is 17.5 Å². The Bertz CT molecular complexity index is 1590. The zero-order chi connectivity index (χ0) is 25.5. The Balaban J connectivity index is 1.62. The van der Waals surface area contributed by atoms with Crippen molar-refractivity contribution in [2.45, 2.75) is 38.8 Å². The quantitative estimate of drug-likeness (QED) is 0.442. The number of phenols is 1. The van der Waals surface area contributed by atoms with Gasteiger partial charge in [0.2, 0.25) is 11.8 Å². The van der Waals surface area contributed by atoms with E-state index in [9.17, 15) is 24.3 Å². The van der Waals surface area contributed by atoms with Crippen LogP contribution in [-0.2, 0) is 23.2 Å². The predicted molar refractivity (Wildman–Crippen MR) is 132 cm³/mol. The standard InChI is InChI=1S/C27H26N4O5/c1-15-8-7-11-18(22(15)32)21-17-12-13-29-25(35)28(3)26(36)31(29)20(17)14-19-23(33)30(24(34)27(19,21)2)16-9-5-4-6-10-16/h4-12,19-21,32H,13-14H2,1-3H3/t19-,20+,21+,27+/m0/s1. The number of hydrogen-bond donors (Lipinski definition) is 1. The molecule has 1 saturated heterocycles. The van der Waals surface area contributed by atoms with Crippen LogP contribution in [0, 0.1) is 18.3 Å². The first kappa shape index (κ1) is 22.3. The van der Waals surface area contributed by atoms with Crippen molar-refractivity contribution in [1.29, 1.82) is 0 Å². The number of amides is 2. The minimum Gasteiger partial charge on any atom is -0.507 e. The van der Waals surface area contributed by atoms with Crippen molar-refractivity contribution in [3.8, 4) is 5.75 Å². The summed E-state index contributed by atoms with van der Waals surface area (Å²) in [5.74, 6) is -2.04. The molecule has 0 bridgehead atoms. The maximum absolute atomic E-state index is 14.2. The van der Waals surface area contributed by atoms with Crippen molar-refractivity contribution in [3.63, 3.8) is 0 Å². The molecule has 1 aliphatic carbocycles. The van der Waals surface area contributed by atoms with Crippen LogP contribution in [0.1, 0.15) is 36.4 Å². The zero-order valence-electron chi connectivity index (χ0n) is 20.2. The van der Waals surface area contributed by atoms with E-state index in [1.165, 1.54) is 21.3 Å². The van der Waals surface area contributed by atoms with E-state index in [1.54, 1.807) is 50.2 Å². The number of anilines is 1. The number of carbonyl (C=O) groups is 2. The molecule has 1 saturated carbocycles. The molecule has 2 aliphatic heterocycles. The van der Waals surface area contributed by atoms with Gasteiger partial charge in [0.05, 0.1) is 29.6 Å². The second-order valence-corrected chi connectivity index (χ2v) is 10.1. The summed E-state index contributed by atoms with van der Waals surface area (Å²) in [6.07, 6.45) is 2.07. The number of aryl methyl sites for hydroxylation is 1. The van der Waals surface area contributed by atoms with Crippen LogP contribution >= 0.6 is 0 Å². The van der Waals surface area contributed by atoms with Crippen LogP contribution in [0.5, 0.6) is 5.75 Å². The third-order valence-corrected chi connectivity index (χ3v) is 8.32. The molecule has 3 heterocycles. The fraction of sp³-hybridized carbons (Fsp3) is 0.333. The minimum absolute atomic E-state index is 0.0609. The van der Waals surface area contributed by atoms with Crippen LogP contribution in [0.4, 0.5) is 5.69 Å². The van der Waals surface area contributed by atoms with Gasteiger partial charge in [-0.2, -0.15) is 0 Å². The summed E-state index contributed by atoms with van der Waals surface area (Å²) in [5.41, 5.74) is 0.341. The van der Waals surface area contributed by atoms with Crippen LogP contribution in [-0.4, -0.2) is 30.9 Å². The SMILES string of the molecule is Cc1cccc([C@H]2C3=CCn4c(=O)n(C)c(=O)n4[C@@H]3C[C@H]3C(=O)N(c4ccccc4)C(=O)[C@@]23C)c1O. The molecule has 1 aromatic heterocycles. The van der Waals surface area contributed by atoms with Gasteiger partial charge in [-0.25, -0.2) is 28.4 Å². The molecule has 0 spiro atoms. The van der Waals surface area contributed by atoms with E-state index >= 15 is 0 Å². The van der Waals surface area contributed by atoms with Crippen molar-refractivity contribution in [3.05, 3.63) is 92.3 Å². The smallest absolute Gasteiger partial charge is 0.347 e. The van der Waals surface area contributed by atoms with Crippen molar-refractivity contribution in [2.24, 2.45) is 18.4 Å². The van der Waals surface area contributed by atoms with Crippen LogP contribution in [0.15, 0.2) is 69.8 Å². The number of carbonyl (C=O) groups excluding carboxylic acids is 2. The molecule has 4 atom stereocenters. The Hall–Kier alpha value is -4.14. The van der Waals surface area contributed by atoms with Crippen LogP contribution in [0.3, 0.4) is 0 Å². The number of allylic oxidation sites excluding steroid dienone is 2. The number of fused-ring (bicyclic) bond motifs is 4. The van der Waals surface area contributed by atoms with Gasteiger partial charge in [-0.15, -0.1) is 0 Å². The third kappa shape index (κ3) is 2.65. The average molecular weight is 487 g/mol. The number of para-hydroxylation sites is 2. The molecule has 3 aromatic rings. The molecule has 36 heavy (non-hydrogen) atoms. The first-order chi connectivity index (χ1) is 17.2. The monoisotopic (exact) mass is 486 g/mol. The van der Waals surface area contributed by atoms with Gasteiger partial charge in [-0.3, -0.25) is 9.59 Å². The van der Waals surface area contributed by atoms with Gasteiger partial charge in [-0.05, 0) is 43.5 Å². The fourth-order valence-electron chi connectivity index (χ4n) is 6.47. The van der Waals surface area contributed by atoms with E-state index in [0.717, 1.165) is 10.1 Å². The number of nitrogens with zero attached hydrogens (tertiary/aromatic N) is 4. The molecule has 2 amide bonds. The van der Waals surface area contributed by atoms with Crippen molar-refractivity contribution in [1.82, 2.24) is 13.9 Å². The molecule has 9 nitrogen and oxygen atoms in total. The third-order valence-electron chi connectivity index (χ3n) is 8.32. The molecule has 3 aliphatic rings. The fourth-order valence-corrected chi connectivity index (χ4v) is 6.47. The van der Waals surface area contributed by atoms with Gasteiger partial charge in [0.15, 0.2) is 0 Å². The number of aromatic hydroxyl groups is 1. The van der Waals surface area contributed by atoms with E-state index in [2.05, 4.69) is 0 Å². The molecule has 9 heteroatoms. The molecule has 6 rings (SSSR count). The van der Waals surface area contributed by atoms with Gasteiger partial charge in [-0.1, -0.05) is 42.5 Å². The van der Waals surface area contributed by atoms with E-state index in [-0.39, 0.29) is 30.5 Å².